The Kier molecular flexibility index (Phi) is 3.74. The lowest BCUT2D eigenvalue weighted by Crippen LogP contribution is -1.95. The lowest BCUT2D eigenvalue weighted by Gasteiger charge is -2.11. The standard InChI is InChI=1S/C42H28N2/c1-3-12-29(13-4-1)30-22-24-31(25-23-30)32-14-11-17-34(28-32)44-38-21-10-8-19-36(38)42-40(44)27-26-39-41(42)35-18-7-9-20-37(35)43(39)33-15-5-2-6-16-33/h1-28H/i7D,8D,9D,10D,18D,19D,20D,21D,26D,27D. The van der Waals surface area contributed by atoms with Crippen molar-refractivity contribution in [2.45, 2.75) is 0 Å². The number of rotatable bonds is 4. The highest BCUT2D eigenvalue weighted by Gasteiger charge is 2.20. The van der Waals surface area contributed by atoms with Gasteiger partial charge in [0.2, 0.25) is 0 Å². The fourth-order valence-electron chi connectivity index (χ4n) is 6.24. The molecule has 0 saturated carbocycles. The second kappa shape index (κ2) is 9.86. The second-order valence-electron chi connectivity index (χ2n) is 10.6. The van der Waals surface area contributed by atoms with E-state index in [1.54, 1.807) is 45.5 Å². The van der Waals surface area contributed by atoms with Crippen LogP contribution in [0.15, 0.2) is 170 Å². The van der Waals surface area contributed by atoms with E-state index >= 15 is 0 Å². The number of nitrogens with zero attached hydrogens (tertiary/aromatic N) is 2. The summed E-state index contributed by atoms with van der Waals surface area (Å²) in [5, 5.41) is 0.595. The van der Waals surface area contributed by atoms with Crippen LogP contribution in [0.25, 0.3) is 77.2 Å². The maximum absolute atomic E-state index is 9.58. The summed E-state index contributed by atoms with van der Waals surface area (Å²) in [5.41, 5.74) is 5.30. The highest BCUT2D eigenvalue weighted by atomic mass is 15.0. The largest absolute Gasteiger partial charge is 0.309 e. The molecule has 206 valence electrons. The van der Waals surface area contributed by atoms with Gasteiger partial charge in [-0.2, -0.15) is 0 Å². The van der Waals surface area contributed by atoms with Crippen LogP contribution in [-0.2, 0) is 0 Å². The topological polar surface area (TPSA) is 9.86 Å². The highest BCUT2D eigenvalue weighted by molar-refractivity contribution is 6.28. The van der Waals surface area contributed by atoms with Crippen LogP contribution >= 0.6 is 0 Å². The molecule has 0 aliphatic heterocycles. The summed E-state index contributed by atoms with van der Waals surface area (Å²) in [6.07, 6.45) is 0. The minimum absolute atomic E-state index is 0.0895. The Labute approximate surface area is 269 Å². The molecular weight excluding hydrogens is 532 g/mol. The zero-order chi connectivity index (χ0) is 37.7. The van der Waals surface area contributed by atoms with E-state index in [0.717, 1.165) is 22.3 Å². The van der Waals surface area contributed by atoms with E-state index < -0.39 is 24.2 Å². The average molecular weight is 571 g/mol. The van der Waals surface area contributed by atoms with Crippen molar-refractivity contribution in [1.29, 1.82) is 0 Å². The zero-order valence-corrected chi connectivity index (χ0v) is 23.3. The zero-order valence-electron chi connectivity index (χ0n) is 33.3. The Morgan fingerprint density at radius 1 is 0.364 bits per heavy atom. The van der Waals surface area contributed by atoms with E-state index in [-0.39, 0.29) is 79.9 Å². The van der Waals surface area contributed by atoms with Gasteiger partial charge in [-0.15, -0.1) is 0 Å². The molecule has 44 heavy (non-hydrogen) atoms. The number of aromatic nitrogens is 2. The summed E-state index contributed by atoms with van der Waals surface area (Å²) in [6.45, 7) is 0. The number of hydrogen-bond donors (Lipinski definition) is 0. The van der Waals surface area contributed by atoms with Gasteiger partial charge in [-0.25, -0.2) is 0 Å². The third-order valence-corrected chi connectivity index (χ3v) is 8.20. The minimum atomic E-state index is -0.484. The molecule has 0 unspecified atom stereocenters. The van der Waals surface area contributed by atoms with Gasteiger partial charge in [-0.1, -0.05) is 121 Å². The molecule has 0 aliphatic carbocycles. The smallest absolute Gasteiger partial charge is 0.0646 e. The van der Waals surface area contributed by atoms with Crippen molar-refractivity contribution in [2.24, 2.45) is 0 Å². The molecule has 0 fully saturated rings. The molecule has 0 radical (unpaired) electrons. The fraction of sp³-hybridized carbons (Fsp3) is 0. The SMILES string of the molecule is [2H]c1c([2H])c([2H])c2c(c1[2H])c1c3c4c([2H])c([2H])c([2H])c([2H])c4n(-c4cccc(-c5ccc(-c6ccccc6)cc5)c4)c3c([2H])c([2H])c1n2-c1ccccc1. The Morgan fingerprint density at radius 2 is 0.818 bits per heavy atom. The molecule has 2 nitrogen and oxygen atoms in total. The summed E-state index contributed by atoms with van der Waals surface area (Å²) in [4.78, 5) is 0. The first-order chi connectivity index (χ1) is 26.0. The van der Waals surface area contributed by atoms with Crippen LogP contribution in [0.1, 0.15) is 13.7 Å². The lowest BCUT2D eigenvalue weighted by atomic mass is 10.00. The predicted molar refractivity (Wildman–Crippen MR) is 186 cm³/mol. The van der Waals surface area contributed by atoms with E-state index in [0.29, 0.717) is 11.4 Å². The first kappa shape index (κ1) is 16.7. The highest BCUT2D eigenvalue weighted by Crippen LogP contribution is 2.42. The Balaban J connectivity index is 1.45. The number of benzene rings is 7. The molecule has 0 spiro atoms. The normalized spacial score (nSPS) is 14.8. The van der Waals surface area contributed by atoms with E-state index in [4.69, 9.17) is 8.22 Å². The molecule has 2 aromatic heterocycles. The maximum Gasteiger partial charge on any atom is 0.0646 e. The van der Waals surface area contributed by atoms with Gasteiger partial charge in [0.15, 0.2) is 0 Å². The van der Waals surface area contributed by atoms with E-state index in [9.17, 15) is 5.48 Å². The number of fused-ring (bicyclic) bond motifs is 7. The van der Waals surface area contributed by atoms with E-state index in [1.165, 1.54) is 0 Å². The lowest BCUT2D eigenvalue weighted by molar-refractivity contribution is 1.17. The summed E-state index contributed by atoms with van der Waals surface area (Å²) in [6, 6.07) is 30.6. The maximum atomic E-state index is 9.58. The van der Waals surface area contributed by atoms with Gasteiger partial charge >= 0.3 is 0 Å². The van der Waals surface area contributed by atoms with Crippen LogP contribution in [0.5, 0.6) is 0 Å². The Bertz CT molecular complexity index is 3020. The fourth-order valence-corrected chi connectivity index (χ4v) is 6.24. The van der Waals surface area contributed by atoms with Crippen LogP contribution in [0.2, 0.25) is 0 Å². The van der Waals surface area contributed by atoms with Crippen molar-refractivity contribution in [3.63, 3.8) is 0 Å². The Hall–Kier alpha value is -5.86. The van der Waals surface area contributed by atoms with Gasteiger partial charge in [0.05, 0.1) is 35.8 Å². The molecule has 2 heterocycles. The van der Waals surface area contributed by atoms with Gasteiger partial charge in [0, 0.05) is 32.9 Å². The molecule has 0 aliphatic rings. The minimum Gasteiger partial charge on any atom is -0.309 e. The molecule has 0 amide bonds. The van der Waals surface area contributed by atoms with Gasteiger partial charge in [-0.3, -0.25) is 0 Å². The molecule has 2 heteroatoms. The summed E-state index contributed by atoms with van der Waals surface area (Å²) >= 11 is 0. The van der Waals surface area contributed by atoms with Gasteiger partial charge in [0.1, 0.15) is 0 Å². The van der Waals surface area contributed by atoms with Crippen LogP contribution in [0.3, 0.4) is 0 Å². The van der Waals surface area contributed by atoms with E-state index in [1.807, 2.05) is 72.8 Å². The van der Waals surface area contributed by atoms with Crippen molar-refractivity contribution in [2.75, 3.05) is 0 Å². The Morgan fingerprint density at radius 3 is 1.43 bits per heavy atom. The van der Waals surface area contributed by atoms with Crippen molar-refractivity contribution < 1.29 is 13.7 Å². The molecule has 7 aromatic carbocycles. The molecular formula is C42H28N2. The second-order valence-corrected chi connectivity index (χ2v) is 10.6. The first-order valence-corrected chi connectivity index (χ1v) is 14.3. The number of para-hydroxylation sites is 3. The number of hydrogen-bond acceptors (Lipinski definition) is 0. The molecule has 0 N–H and O–H groups in total. The van der Waals surface area contributed by atoms with Crippen molar-refractivity contribution in [3.8, 4) is 33.6 Å². The van der Waals surface area contributed by atoms with Gasteiger partial charge in [0.25, 0.3) is 0 Å². The summed E-state index contributed by atoms with van der Waals surface area (Å²) in [7, 11) is 0. The average Bonchev–Trinajstić information content (AvgIpc) is 3.75. The van der Waals surface area contributed by atoms with Crippen molar-refractivity contribution in [3.05, 3.63) is 170 Å². The van der Waals surface area contributed by atoms with Crippen molar-refractivity contribution >= 4 is 43.6 Å². The monoisotopic (exact) mass is 570 g/mol. The predicted octanol–water partition coefficient (Wildman–Crippen LogP) is 11.2. The molecule has 0 saturated heterocycles. The summed E-state index contributed by atoms with van der Waals surface area (Å²) < 4.78 is 93.5. The van der Waals surface area contributed by atoms with Gasteiger partial charge in [-0.05, 0) is 70.7 Å². The van der Waals surface area contributed by atoms with E-state index in [2.05, 4.69) is 0 Å². The first-order valence-electron chi connectivity index (χ1n) is 19.3. The third kappa shape index (κ3) is 3.75. The van der Waals surface area contributed by atoms with Crippen LogP contribution < -0.4 is 0 Å². The van der Waals surface area contributed by atoms with Gasteiger partial charge < -0.3 is 9.13 Å². The third-order valence-electron chi connectivity index (χ3n) is 8.20. The molecule has 9 aromatic rings. The quantitative estimate of drug-likeness (QED) is 0.199. The van der Waals surface area contributed by atoms with Crippen molar-refractivity contribution in [1.82, 2.24) is 9.13 Å². The van der Waals surface area contributed by atoms with Crippen LogP contribution in [-0.4, -0.2) is 9.13 Å². The summed E-state index contributed by atoms with van der Waals surface area (Å²) in [5.74, 6) is 0. The van der Waals surface area contributed by atoms with Crippen LogP contribution in [0, 0.1) is 0 Å². The molecule has 9 rings (SSSR count). The molecule has 0 bridgehead atoms. The molecule has 0 atom stereocenters. The van der Waals surface area contributed by atoms with Crippen LogP contribution in [0.4, 0.5) is 0 Å².